The van der Waals surface area contributed by atoms with E-state index in [1.807, 2.05) is 0 Å². The van der Waals surface area contributed by atoms with Crippen LogP contribution in [0.2, 0.25) is 5.02 Å². The number of amides is 2. The molecular weight excluding hydrogens is 307 g/mol. The first-order valence-electron chi connectivity index (χ1n) is 7.60. The zero-order valence-corrected chi connectivity index (χ0v) is 13.1. The van der Waals surface area contributed by atoms with Crippen molar-refractivity contribution in [3.63, 3.8) is 0 Å². The molecule has 0 aromatic heterocycles. The molecule has 2 rings (SSSR count). The van der Waals surface area contributed by atoms with Crippen molar-refractivity contribution in [3.8, 4) is 0 Å². The van der Waals surface area contributed by atoms with Gasteiger partial charge in [-0.2, -0.15) is 0 Å². The third-order valence-electron chi connectivity index (χ3n) is 3.95. The van der Waals surface area contributed by atoms with Crippen molar-refractivity contribution in [1.29, 1.82) is 0 Å². The summed E-state index contributed by atoms with van der Waals surface area (Å²) in [6.45, 7) is 0.501. The fraction of sp³-hybridized carbons (Fsp3) is 0.500. The van der Waals surface area contributed by atoms with E-state index >= 15 is 0 Å². The monoisotopic (exact) mass is 326 g/mol. The van der Waals surface area contributed by atoms with Gasteiger partial charge in [0.25, 0.3) is 0 Å². The number of rotatable bonds is 4. The highest BCUT2D eigenvalue weighted by atomic mass is 35.5. The first kappa shape index (κ1) is 16.7. The smallest absolute Gasteiger partial charge is 0.313 e. The third kappa shape index (κ3) is 4.98. The van der Waals surface area contributed by atoms with Gasteiger partial charge < -0.3 is 10.6 Å². The molecular formula is C16H20ClFN2O2. The summed E-state index contributed by atoms with van der Waals surface area (Å²) in [5.41, 5.74) is 0.291. The summed E-state index contributed by atoms with van der Waals surface area (Å²) in [5.74, 6) is -1.38. The van der Waals surface area contributed by atoms with Gasteiger partial charge >= 0.3 is 11.8 Å². The van der Waals surface area contributed by atoms with E-state index in [1.165, 1.54) is 44.2 Å². The van der Waals surface area contributed by atoms with Crippen molar-refractivity contribution in [3.05, 3.63) is 29.0 Å². The molecule has 22 heavy (non-hydrogen) atoms. The van der Waals surface area contributed by atoms with Crippen LogP contribution in [0, 0.1) is 11.7 Å². The lowest BCUT2D eigenvalue weighted by Gasteiger charge is -2.21. The molecule has 1 saturated carbocycles. The zero-order chi connectivity index (χ0) is 15.9. The lowest BCUT2D eigenvalue weighted by Crippen LogP contribution is -2.36. The second-order valence-electron chi connectivity index (χ2n) is 5.63. The Bertz CT molecular complexity index is 545. The SMILES string of the molecule is O=C(NCCC1CCCCC1)C(=O)Nc1ccc(F)c(Cl)c1. The lowest BCUT2D eigenvalue weighted by atomic mass is 9.87. The zero-order valence-electron chi connectivity index (χ0n) is 12.3. The molecule has 120 valence electrons. The van der Waals surface area contributed by atoms with E-state index in [2.05, 4.69) is 10.6 Å². The molecule has 0 radical (unpaired) electrons. The molecule has 1 fully saturated rings. The number of anilines is 1. The molecule has 0 atom stereocenters. The maximum Gasteiger partial charge on any atom is 0.313 e. The quantitative estimate of drug-likeness (QED) is 0.832. The van der Waals surface area contributed by atoms with Gasteiger partial charge in [0.2, 0.25) is 0 Å². The molecule has 1 aromatic rings. The Labute approximate surface area is 134 Å². The van der Waals surface area contributed by atoms with Crippen molar-refractivity contribution >= 4 is 29.1 Å². The average Bonchev–Trinajstić information content (AvgIpc) is 2.52. The minimum atomic E-state index is -0.772. The van der Waals surface area contributed by atoms with Crippen LogP contribution >= 0.6 is 11.6 Å². The summed E-state index contributed by atoms with van der Waals surface area (Å²) in [6.07, 6.45) is 7.12. The van der Waals surface area contributed by atoms with Crippen LogP contribution in [0.1, 0.15) is 38.5 Å². The van der Waals surface area contributed by atoms with Crippen LogP contribution in [0.5, 0.6) is 0 Å². The van der Waals surface area contributed by atoms with E-state index in [0.29, 0.717) is 18.2 Å². The van der Waals surface area contributed by atoms with E-state index in [9.17, 15) is 14.0 Å². The fourth-order valence-corrected chi connectivity index (χ4v) is 2.89. The second kappa shape index (κ2) is 8.13. The largest absolute Gasteiger partial charge is 0.348 e. The Morgan fingerprint density at radius 2 is 1.91 bits per heavy atom. The third-order valence-corrected chi connectivity index (χ3v) is 4.24. The van der Waals surface area contributed by atoms with E-state index in [-0.39, 0.29) is 5.02 Å². The van der Waals surface area contributed by atoms with Gasteiger partial charge in [-0.05, 0) is 30.5 Å². The highest BCUT2D eigenvalue weighted by Crippen LogP contribution is 2.25. The number of carbonyl (C=O) groups is 2. The number of benzene rings is 1. The van der Waals surface area contributed by atoms with Crippen LogP contribution in [-0.4, -0.2) is 18.4 Å². The minimum Gasteiger partial charge on any atom is -0.348 e. The van der Waals surface area contributed by atoms with Crippen molar-refractivity contribution in [2.45, 2.75) is 38.5 Å². The summed E-state index contributed by atoms with van der Waals surface area (Å²) in [4.78, 5) is 23.4. The number of carbonyl (C=O) groups excluding carboxylic acids is 2. The van der Waals surface area contributed by atoms with Crippen molar-refractivity contribution in [2.75, 3.05) is 11.9 Å². The Hall–Kier alpha value is -1.62. The molecule has 1 aliphatic carbocycles. The standard InChI is InChI=1S/C16H20ClFN2O2/c17-13-10-12(6-7-14(13)18)20-16(22)15(21)19-9-8-11-4-2-1-3-5-11/h6-7,10-11H,1-5,8-9H2,(H,19,21)(H,20,22). The molecule has 0 aliphatic heterocycles. The Morgan fingerprint density at radius 3 is 2.59 bits per heavy atom. The first-order chi connectivity index (χ1) is 10.6. The van der Waals surface area contributed by atoms with Gasteiger partial charge in [0, 0.05) is 12.2 Å². The summed E-state index contributed by atoms with van der Waals surface area (Å²) < 4.78 is 13.0. The first-order valence-corrected chi connectivity index (χ1v) is 7.98. The molecule has 0 saturated heterocycles. The molecule has 0 spiro atoms. The van der Waals surface area contributed by atoms with Crippen LogP contribution in [0.15, 0.2) is 18.2 Å². The van der Waals surface area contributed by atoms with E-state index < -0.39 is 17.6 Å². The van der Waals surface area contributed by atoms with Gasteiger partial charge in [-0.3, -0.25) is 9.59 Å². The number of hydrogen-bond acceptors (Lipinski definition) is 2. The summed E-state index contributed by atoms with van der Waals surface area (Å²) in [5, 5.41) is 4.91. The molecule has 1 aromatic carbocycles. The van der Waals surface area contributed by atoms with Gasteiger partial charge in [-0.25, -0.2) is 4.39 Å². The van der Waals surface area contributed by atoms with E-state index in [1.54, 1.807) is 0 Å². The molecule has 2 N–H and O–H groups in total. The Morgan fingerprint density at radius 1 is 1.18 bits per heavy atom. The van der Waals surface area contributed by atoms with Crippen LogP contribution in [0.4, 0.5) is 10.1 Å². The van der Waals surface area contributed by atoms with Crippen molar-refractivity contribution in [1.82, 2.24) is 5.32 Å². The van der Waals surface area contributed by atoms with Crippen LogP contribution in [0.25, 0.3) is 0 Å². The van der Waals surface area contributed by atoms with E-state index in [4.69, 9.17) is 11.6 Å². The topological polar surface area (TPSA) is 58.2 Å². The minimum absolute atomic E-state index is 0.101. The molecule has 0 heterocycles. The van der Waals surface area contributed by atoms with Gasteiger partial charge in [0.05, 0.1) is 5.02 Å². The highest BCUT2D eigenvalue weighted by Gasteiger charge is 2.16. The molecule has 1 aliphatic rings. The van der Waals surface area contributed by atoms with Crippen molar-refractivity contribution < 1.29 is 14.0 Å². The molecule has 0 bridgehead atoms. The average molecular weight is 327 g/mol. The summed E-state index contributed by atoms with van der Waals surface area (Å²) in [6, 6.07) is 3.76. The van der Waals surface area contributed by atoms with Crippen LogP contribution in [-0.2, 0) is 9.59 Å². The predicted molar refractivity (Wildman–Crippen MR) is 84.2 cm³/mol. The van der Waals surface area contributed by atoms with Gasteiger partial charge in [0.1, 0.15) is 5.82 Å². The molecule has 2 amide bonds. The predicted octanol–water partition coefficient (Wildman–Crippen LogP) is 3.50. The number of hydrogen-bond donors (Lipinski definition) is 2. The summed E-state index contributed by atoms with van der Waals surface area (Å²) >= 11 is 5.62. The van der Waals surface area contributed by atoms with Gasteiger partial charge in [-0.1, -0.05) is 43.7 Å². The summed E-state index contributed by atoms with van der Waals surface area (Å²) in [7, 11) is 0. The second-order valence-corrected chi connectivity index (χ2v) is 6.04. The number of halogens is 2. The highest BCUT2D eigenvalue weighted by molar-refractivity contribution is 6.39. The van der Waals surface area contributed by atoms with Crippen molar-refractivity contribution in [2.24, 2.45) is 5.92 Å². The number of nitrogens with one attached hydrogen (secondary N) is 2. The van der Waals surface area contributed by atoms with Gasteiger partial charge in [-0.15, -0.1) is 0 Å². The normalized spacial score (nSPS) is 15.4. The lowest BCUT2D eigenvalue weighted by molar-refractivity contribution is -0.136. The molecule has 4 nitrogen and oxygen atoms in total. The van der Waals surface area contributed by atoms with Crippen LogP contribution < -0.4 is 10.6 Å². The Kier molecular flexibility index (Phi) is 6.19. The fourth-order valence-electron chi connectivity index (χ4n) is 2.71. The molecule has 0 unspecified atom stereocenters. The maximum absolute atomic E-state index is 13.0. The molecule has 6 heteroatoms. The van der Waals surface area contributed by atoms with Crippen LogP contribution in [0.3, 0.4) is 0 Å². The maximum atomic E-state index is 13.0. The van der Waals surface area contributed by atoms with E-state index in [0.717, 1.165) is 12.5 Å². The Balaban J connectivity index is 1.74. The van der Waals surface area contributed by atoms with Gasteiger partial charge in [0.15, 0.2) is 0 Å².